The van der Waals surface area contributed by atoms with Crippen LogP contribution in [0.3, 0.4) is 0 Å². The number of hydrogen-bond acceptors (Lipinski definition) is 3. The van der Waals surface area contributed by atoms with Crippen LogP contribution in [0.2, 0.25) is 5.02 Å². The first-order valence-corrected chi connectivity index (χ1v) is 4.85. The summed E-state index contributed by atoms with van der Waals surface area (Å²) in [6, 6.07) is 1.17. The Morgan fingerprint density at radius 1 is 1.00 bits per heavy atom. The van der Waals surface area contributed by atoms with Crippen molar-refractivity contribution in [1.82, 2.24) is 9.97 Å². The highest BCUT2D eigenvalue weighted by molar-refractivity contribution is 6.30. The summed E-state index contributed by atoms with van der Waals surface area (Å²) in [7, 11) is 0. The summed E-state index contributed by atoms with van der Waals surface area (Å²) >= 11 is 5.56. The topological polar surface area (TPSA) is 35.0 Å². The summed E-state index contributed by atoms with van der Waals surface area (Å²) in [5.41, 5.74) is 0. The molecule has 3 nitrogen and oxygen atoms in total. The number of pyridine rings is 2. The van der Waals surface area contributed by atoms with Crippen molar-refractivity contribution in [1.29, 1.82) is 0 Å². The van der Waals surface area contributed by atoms with Gasteiger partial charge in [0.25, 0.3) is 11.9 Å². The van der Waals surface area contributed by atoms with E-state index in [1.165, 1.54) is 12.3 Å². The number of nitrogens with zero attached hydrogens (tertiary/aromatic N) is 2. The minimum atomic E-state index is -1.81. The second-order valence-electron chi connectivity index (χ2n) is 3.09. The first-order valence-electron chi connectivity index (χ1n) is 4.47. The van der Waals surface area contributed by atoms with E-state index in [4.69, 9.17) is 11.6 Å². The molecule has 2 heterocycles. The molecular formula is C10H3ClF4N2O. The normalized spacial score (nSPS) is 10.5. The Hall–Kier alpha value is -1.89. The van der Waals surface area contributed by atoms with Gasteiger partial charge in [-0.15, -0.1) is 0 Å². The Bertz CT molecular complexity index is 582. The van der Waals surface area contributed by atoms with Gasteiger partial charge in [0.1, 0.15) is 5.75 Å². The fourth-order valence-corrected chi connectivity index (χ4v) is 1.29. The highest BCUT2D eigenvalue weighted by Crippen LogP contribution is 2.29. The molecule has 0 spiro atoms. The van der Waals surface area contributed by atoms with Crippen LogP contribution in [-0.4, -0.2) is 9.97 Å². The quantitative estimate of drug-likeness (QED) is 0.623. The van der Waals surface area contributed by atoms with Crippen molar-refractivity contribution in [2.45, 2.75) is 0 Å². The SMILES string of the molecule is Fc1nc(F)c(F)c(Oc2cncc(Cl)c2)c1F. The van der Waals surface area contributed by atoms with Crippen molar-refractivity contribution < 1.29 is 22.3 Å². The lowest BCUT2D eigenvalue weighted by Crippen LogP contribution is -2.03. The molecule has 0 aromatic carbocycles. The average molecular weight is 279 g/mol. The minimum absolute atomic E-state index is 0.128. The lowest BCUT2D eigenvalue weighted by Gasteiger charge is -2.08. The third-order valence-corrected chi connectivity index (χ3v) is 2.06. The third-order valence-electron chi connectivity index (χ3n) is 1.86. The molecule has 94 valence electrons. The predicted octanol–water partition coefficient (Wildman–Crippen LogP) is 3.48. The summed E-state index contributed by atoms with van der Waals surface area (Å²) < 4.78 is 56.7. The van der Waals surface area contributed by atoms with Crippen LogP contribution >= 0.6 is 11.6 Å². The molecule has 0 atom stereocenters. The largest absolute Gasteiger partial charge is 0.449 e. The van der Waals surface area contributed by atoms with Crippen LogP contribution in [0.4, 0.5) is 17.6 Å². The van der Waals surface area contributed by atoms with Gasteiger partial charge in [0.2, 0.25) is 17.4 Å². The third kappa shape index (κ3) is 2.35. The molecule has 0 radical (unpaired) electrons. The van der Waals surface area contributed by atoms with Gasteiger partial charge in [-0.25, -0.2) is 0 Å². The summed E-state index contributed by atoms with van der Waals surface area (Å²) in [5, 5.41) is 0.128. The smallest absolute Gasteiger partial charge is 0.255 e. The standard InChI is InChI=1S/C10H3ClF4N2O/c11-4-1-5(3-16-2-4)18-8-6(12)9(14)17-10(15)7(8)13/h1-3H. The number of hydrogen-bond donors (Lipinski definition) is 0. The van der Waals surface area contributed by atoms with Crippen LogP contribution in [-0.2, 0) is 0 Å². The molecule has 0 aliphatic rings. The number of rotatable bonds is 2. The van der Waals surface area contributed by atoms with Gasteiger partial charge in [-0.05, 0) is 0 Å². The fourth-order valence-electron chi connectivity index (χ4n) is 1.12. The maximum absolute atomic E-state index is 13.2. The first-order chi connectivity index (χ1) is 8.49. The van der Waals surface area contributed by atoms with Crippen molar-refractivity contribution >= 4 is 11.6 Å². The predicted molar refractivity (Wildman–Crippen MR) is 53.4 cm³/mol. The van der Waals surface area contributed by atoms with Crippen LogP contribution in [0, 0.1) is 23.5 Å². The van der Waals surface area contributed by atoms with E-state index in [-0.39, 0.29) is 10.8 Å². The molecular weight excluding hydrogens is 276 g/mol. The zero-order valence-electron chi connectivity index (χ0n) is 8.42. The van der Waals surface area contributed by atoms with Gasteiger partial charge in [-0.3, -0.25) is 4.98 Å². The lowest BCUT2D eigenvalue weighted by atomic mass is 10.4. The molecule has 0 aliphatic carbocycles. The van der Waals surface area contributed by atoms with E-state index >= 15 is 0 Å². The van der Waals surface area contributed by atoms with Gasteiger partial charge in [0, 0.05) is 12.3 Å². The van der Waals surface area contributed by atoms with Crippen molar-refractivity contribution in [2.75, 3.05) is 0 Å². The van der Waals surface area contributed by atoms with E-state index in [0.29, 0.717) is 0 Å². The van der Waals surface area contributed by atoms with Crippen molar-refractivity contribution in [3.63, 3.8) is 0 Å². The molecule has 0 saturated carbocycles. The second kappa shape index (κ2) is 4.77. The maximum atomic E-state index is 13.2. The van der Waals surface area contributed by atoms with Crippen molar-refractivity contribution in [2.24, 2.45) is 0 Å². The molecule has 2 rings (SSSR count). The minimum Gasteiger partial charge on any atom is -0.449 e. The van der Waals surface area contributed by atoms with Crippen LogP contribution < -0.4 is 4.74 Å². The fraction of sp³-hybridized carbons (Fsp3) is 0. The van der Waals surface area contributed by atoms with Crippen LogP contribution in [0.15, 0.2) is 18.5 Å². The van der Waals surface area contributed by atoms with E-state index in [9.17, 15) is 17.6 Å². The Morgan fingerprint density at radius 3 is 2.17 bits per heavy atom. The van der Waals surface area contributed by atoms with Gasteiger partial charge in [-0.1, -0.05) is 11.6 Å². The molecule has 2 aromatic heterocycles. The van der Waals surface area contributed by atoms with Gasteiger partial charge in [0.15, 0.2) is 0 Å². The van der Waals surface area contributed by atoms with Crippen molar-refractivity contribution in [3.05, 3.63) is 47.0 Å². The number of ether oxygens (including phenoxy) is 1. The summed E-state index contributed by atoms with van der Waals surface area (Å²) in [6.45, 7) is 0. The van der Waals surface area contributed by atoms with Gasteiger partial charge < -0.3 is 4.74 Å². The highest BCUT2D eigenvalue weighted by Gasteiger charge is 2.22. The molecule has 0 aliphatic heterocycles. The summed E-state index contributed by atoms with van der Waals surface area (Å²) in [4.78, 5) is 5.97. The monoisotopic (exact) mass is 278 g/mol. The lowest BCUT2D eigenvalue weighted by molar-refractivity contribution is 0.342. The number of aromatic nitrogens is 2. The Balaban J connectivity index is 2.46. The highest BCUT2D eigenvalue weighted by atomic mass is 35.5. The average Bonchev–Trinajstić information content (AvgIpc) is 2.32. The van der Waals surface area contributed by atoms with Crippen molar-refractivity contribution in [3.8, 4) is 11.5 Å². The van der Waals surface area contributed by atoms with Gasteiger partial charge >= 0.3 is 0 Å². The molecule has 0 saturated heterocycles. The Kier molecular flexibility index (Phi) is 3.33. The zero-order chi connectivity index (χ0) is 13.3. The van der Waals surface area contributed by atoms with Gasteiger partial charge in [0.05, 0.1) is 11.2 Å². The Morgan fingerprint density at radius 2 is 1.61 bits per heavy atom. The molecule has 0 amide bonds. The van der Waals surface area contributed by atoms with Crippen LogP contribution in [0.1, 0.15) is 0 Å². The molecule has 0 fully saturated rings. The van der Waals surface area contributed by atoms with E-state index in [1.807, 2.05) is 0 Å². The van der Waals surface area contributed by atoms with E-state index in [1.54, 1.807) is 0 Å². The van der Waals surface area contributed by atoms with Crippen LogP contribution in [0.25, 0.3) is 0 Å². The molecule has 0 bridgehead atoms. The van der Waals surface area contributed by atoms with E-state index in [2.05, 4.69) is 14.7 Å². The second-order valence-corrected chi connectivity index (χ2v) is 3.53. The summed E-state index contributed by atoms with van der Waals surface area (Å²) in [5.74, 6) is -8.52. The van der Waals surface area contributed by atoms with E-state index < -0.39 is 29.3 Å². The zero-order valence-corrected chi connectivity index (χ0v) is 9.18. The molecule has 2 aromatic rings. The van der Waals surface area contributed by atoms with E-state index in [0.717, 1.165) is 6.20 Å². The molecule has 0 unspecified atom stereocenters. The molecule has 8 heteroatoms. The maximum Gasteiger partial charge on any atom is 0.255 e. The first kappa shape index (κ1) is 12.6. The molecule has 18 heavy (non-hydrogen) atoms. The Labute approximate surface area is 103 Å². The number of halogens is 5. The molecule has 0 N–H and O–H groups in total. The van der Waals surface area contributed by atoms with Gasteiger partial charge in [-0.2, -0.15) is 22.5 Å². The van der Waals surface area contributed by atoms with Crippen LogP contribution in [0.5, 0.6) is 11.5 Å². The summed E-state index contributed by atoms with van der Waals surface area (Å²) in [6.07, 6.45) is 2.32.